The highest BCUT2D eigenvalue weighted by Crippen LogP contribution is 2.43. The van der Waals surface area contributed by atoms with Gasteiger partial charge in [-0.1, -0.05) is 18.6 Å². The molecule has 14 heteroatoms. The van der Waals surface area contributed by atoms with E-state index in [-0.39, 0.29) is 17.4 Å². The highest BCUT2D eigenvalue weighted by Gasteiger charge is 2.43. The number of aliphatic carboxylic acids is 1. The Morgan fingerprint density at radius 1 is 1.05 bits per heavy atom. The first kappa shape index (κ1) is 32.3. The monoisotopic (exact) mass is 686 g/mol. The molecule has 43 heavy (non-hydrogen) atoms. The number of anilines is 2. The van der Waals surface area contributed by atoms with Crippen LogP contribution in [0.5, 0.6) is 5.75 Å². The summed E-state index contributed by atoms with van der Waals surface area (Å²) in [7, 11) is -1.19. The summed E-state index contributed by atoms with van der Waals surface area (Å²) in [4.78, 5) is 25.5. The fourth-order valence-electron chi connectivity index (χ4n) is 5.26. The van der Waals surface area contributed by atoms with E-state index in [1.54, 1.807) is 18.2 Å². The molecule has 1 aliphatic carbocycles. The summed E-state index contributed by atoms with van der Waals surface area (Å²) in [6, 6.07) is 12.3. The molecule has 0 bridgehead atoms. The number of alkyl halides is 3. The molecule has 230 valence electrons. The number of sulfonamides is 1. The standard InChI is InChI=1S/C29H27BrF4N2O6S/c1-36(43(40,41)19-11-12-22(30)25(15-19)42-2)18-9-6-16(7-10-18)20-4-3-5-21(26(20)28(38)39)27(37)35-24-13-8-17(14-23(24)31)29(32,33)34/h6-15,20-21,26H,3-5H2,1-2H3,(H,35,37)(H,38,39)/t20-,21-,26-/m1/s1. The SMILES string of the molecule is COc1cc(S(=O)(=O)N(C)c2ccc([C@H]3CCC[C@@H](C(=O)Nc4ccc(C(F)(F)F)cc4F)[C@@H]3C(=O)O)cc2)ccc1Br. The molecule has 1 saturated carbocycles. The van der Waals surface area contributed by atoms with Crippen molar-refractivity contribution in [2.75, 3.05) is 23.8 Å². The molecule has 1 aliphatic rings. The van der Waals surface area contributed by atoms with Gasteiger partial charge >= 0.3 is 12.1 Å². The molecule has 4 rings (SSSR count). The van der Waals surface area contributed by atoms with Crippen LogP contribution < -0.4 is 14.4 Å². The summed E-state index contributed by atoms with van der Waals surface area (Å²) < 4.78 is 86.4. The Hall–Kier alpha value is -3.65. The van der Waals surface area contributed by atoms with Crippen molar-refractivity contribution in [2.24, 2.45) is 11.8 Å². The van der Waals surface area contributed by atoms with Gasteiger partial charge in [-0.3, -0.25) is 13.9 Å². The van der Waals surface area contributed by atoms with Crippen LogP contribution in [0.4, 0.5) is 28.9 Å². The normalized spacial score (nSPS) is 19.0. The van der Waals surface area contributed by atoms with Gasteiger partial charge in [0.25, 0.3) is 10.0 Å². The number of carbonyl (C=O) groups excluding carboxylic acids is 1. The Labute approximate surface area is 253 Å². The van der Waals surface area contributed by atoms with Crippen molar-refractivity contribution in [1.82, 2.24) is 0 Å². The Bertz CT molecular complexity index is 1630. The third kappa shape index (κ3) is 6.80. The maximum atomic E-state index is 14.4. The molecular weight excluding hydrogens is 660 g/mol. The van der Waals surface area contributed by atoms with Crippen LogP contribution in [0, 0.1) is 17.7 Å². The number of hydrogen-bond donors (Lipinski definition) is 2. The van der Waals surface area contributed by atoms with E-state index >= 15 is 0 Å². The van der Waals surface area contributed by atoms with Gasteiger partial charge in [-0.2, -0.15) is 13.2 Å². The molecular formula is C29H27BrF4N2O6S. The topological polar surface area (TPSA) is 113 Å². The van der Waals surface area contributed by atoms with E-state index in [4.69, 9.17) is 4.74 Å². The van der Waals surface area contributed by atoms with E-state index in [1.165, 1.54) is 38.4 Å². The van der Waals surface area contributed by atoms with E-state index in [9.17, 15) is 40.7 Å². The molecule has 3 atom stereocenters. The van der Waals surface area contributed by atoms with Crippen LogP contribution in [0.25, 0.3) is 0 Å². The van der Waals surface area contributed by atoms with Crippen molar-refractivity contribution in [3.63, 3.8) is 0 Å². The molecule has 2 N–H and O–H groups in total. The summed E-state index contributed by atoms with van der Waals surface area (Å²) in [6.07, 6.45) is -3.71. The second-order valence-corrected chi connectivity index (χ2v) is 12.9. The predicted octanol–water partition coefficient (Wildman–Crippen LogP) is 6.66. The molecule has 3 aromatic rings. The molecule has 0 aromatic heterocycles. The minimum Gasteiger partial charge on any atom is -0.496 e. The Morgan fingerprint density at radius 2 is 1.72 bits per heavy atom. The third-order valence-electron chi connectivity index (χ3n) is 7.54. The van der Waals surface area contributed by atoms with Gasteiger partial charge in [0.05, 0.1) is 45.3 Å². The molecule has 8 nitrogen and oxygen atoms in total. The van der Waals surface area contributed by atoms with Gasteiger partial charge in [0.1, 0.15) is 11.6 Å². The number of halogens is 5. The van der Waals surface area contributed by atoms with Gasteiger partial charge in [0, 0.05) is 13.1 Å². The first-order chi connectivity index (χ1) is 20.1. The number of rotatable bonds is 8. The second kappa shape index (κ2) is 12.5. The predicted molar refractivity (Wildman–Crippen MR) is 154 cm³/mol. The summed E-state index contributed by atoms with van der Waals surface area (Å²) in [5.41, 5.74) is -0.838. The van der Waals surface area contributed by atoms with E-state index in [0.29, 0.717) is 40.4 Å². The zero-order valence-corrected chi connectivity index (χ0v) is 25.3. The average molecular weight is 688 g/mol. The van der Waals surface area contributed by atoms with Crippen molar-refractivity contribution in [1.29, 1.82) is 0 Å². The summed E-state index contributed by atoms with van der Waals surface area (Å²) >= 11 is 3.29. The molecule has 0 heterocycles. The van der Waals surface area contributed by atoms with Crippen LogP contribution in [0.3, 0.4) is 0 Å². The minimum atomic E-state index is -4.77. The largest absolute Gasteiger partial charge is 0.496 e. The summed E-state index contributed by atoms with van der Waals surface area (Å²) in [5.74, 6) is -5.97. The summed E-state index contributed by atoms with van der Waals surface area (Å²) in [5, 5.41) is 12.3. The number of methoxy groups -OCH3 is 1. The number of nitrogens with one attached hydrogen (secondary N) is 1. The minimum absolute atomic E-state index is 0.00400. The molecule has 0 unspecified atom stereocenters. The quantitative estimate of drug-likeness (QED) is 0.256. The van der Waals surface area contributed by atoms with Gasteiger partial charge in [0.2, 0.25) is 5.91 Å². The highest BCUT2D eigenvalue weighted by atomic mass is 79.9. The third-order valence-corrected chi connectivity index (χ3v) is 9.98. The van der Waals surface area contributed by atoms with Gasteiger partial charge in [-0.25, -0.2) is 12.8 Å². The Kier molecular flexibility index (Phi) is 9.40. The average Bonchev–Trinajstić information content (AvgIpc) is 2.96. The number of benzene rings is 3. The van der Waals surface area contributed by atoms with Crippen LogP contribution in [0.1, 0.15) is 36.3 Å². The van der Waals surface area contributed by atoms with Gasteiger partial charge in [-0.15, -0.1) is 0 Å². The van der Waals surface area contributed by atoms with Crippen molar-refractivity contribution < 1.29 is 45.4 Å². The summed E-state index contributed by atoms with van der Waals surface area (Å²) in [6.45, 7) is 0. The van der Waals surface area contributed by atoms with Crippen LogP contribution in [-0.4, -0.2) is 39.6 Å². The molecule has 0 spiro atoms. The van der Waals surface area contributed by atoms with E-state index in [1.807, 2.05) is 0 Å². The molecule has 0 saturated heterocycles. The number of hydrogen-bond acceptors (Lipinski definition) is 5. The van der Waals surface area contributed by atoms with Crippen molar-refractivity contribution in [2.45, 2.75) is 36.3 Å². The first-order valence-electron chi connectivity index (χ1n) is 13.0. The maximum absolute atomic E-state index is 14.4. The molecule has 1 fully saturated rings. The number of nitrogens with zero attached hydrogens (tertiary/aromatic N) is 1. The lowest BCUT2D eigenvalue weighted by molar-refractivity contribution is -0.148. The van der Waals surface area contributed by atoms with E-state index in [2.05, 4.69) is 21.2 Å². The molecule has 0 aliphatic heterocycles. The second-order valence-electron chi connectivity index (χ2n) is 10.0. The van der Waals surface area contributed by atoms with Gasteiger partial charge in [-0.05, 0) is 82.7 Å². The fraction of sp³-hybridized carbons (Fsp3) is 0.310. The number of amides is 1. The fourth-order valence-corrected chi connectivity index (χ4v) is 6.88. The lowest BCUT2D eigenvalue weighted by Gasteiger charge is -2.35. The molecule has 1 amide bonds. The van der Waals surface area contributed by atoms with Crippen LogP contribution >= 0.6 is 15.9 Å². The Balaban J connectivity index is 1.55. The van der Waals surface area contributed by atoms with E-state index < -0.39 is 62.9 Å². The van der Waals surface area contributed by atoms with Crippen LogP contribution in [-0.2, 0) is 25.8 Å². The number of carboxylic acids is 1. The van der Waals surface area contributed by atoms with Crippen molar-refractivity contribution in [3.05, 3.63) is 82.1 Å². The number of carboxylic acid groups (broad SMARTS) is 1. The lowest BCUT2D eigenvalue weighted by atomic mass is 9.69. The van der Waals surface area contributed by atoms with E-state index in [0.717, 1.165) is 10.4 Å². The van der Waals surface area contributed by atoms with Crippen LogP contribution in [0.15, 0.2) is 70.0 Å². The number of ether oxygens (including phenoxy) is 1. The van der Waals surface area contributed by atoms with Crippen LogP contribution in [0.2, 0.25) is 0 Å². The van der Waals surface area contributed by atoms with Gasteiger partial charge in [0.15, 0.2) is 0 Å². The number of carbonyl (C=O) groups is 2. The first-order valence-corrected chi connectivity index (χ1v) is 15.2. The highest BCUT2D eigenvalue weighted by molar-refractivity contribution is 9.10. The Morgan fingerprint density at radius 3 is 2.30 bits per heavy atom. The lowest BCUT2D eigenvalue weighted by Crippen LogP contribution is -2.40. The van der Waals surface area contributed by atoms with Crippen molar-refractivity contribution >= 4 is 49.2 Å². The smallest absolute Gasteiger partial charge is 0.416 e. The zero-order chi connectivity index (χ0) is 31.7. The van der Waals surface area contributed by atoms with Crippen molar-refractivity contribution in [3.8, 4) is 5.75 Å². The van der Waals surface area contributed by atoms with Gasteiger partial charge < -0.3 is 15.2 Å². The molecule has 0 radical (unpaired) electrons. The maximum Gasteiger partial charge on any atom is 0.416 e. The molecule has 3 aromatic carbocycles. The zero-order valence-electron chi connectivity index (χ0n) is 22.9.